The smallest absolute Gasteiger partial charge is 0.246 e. The highest BCUT2D eigenvalue weighted by molar-refractivity contribution is 5.93. The van der Waals surface area contributed by atoms with E-state index in [4.69, 9.17) is 9.72 Å². The van der Waals surface area contributed by atoms with Crippen molar-refractivity contribution in [1.29, 1.82) is 0 Å². The number of aromatic nitrogens is 2. The van der Waals surface area contributed by atoms with Gasteiger partial charge in [-0.2, -0.15) is 0 Å². The Kier molecular flexibility index (Phi) is 11.3. The Labute approximate surface area is 244 Å². The summed E-state index contributed by atoms with van der Waals surface area (Å²) in [7, 11) is 0. The summed E-state index contributed by atoms with van der Waals surface area (Å²) in [5.74, 6) is -0.0499. The average Bonchev–Trinajstić information content (AvgIpc) is 3.02. The number of ether oxygens (including phenoxy) is 1. The number of rotatable bonds is 14. The van der Waals surface area contributed by atoms with Gasteiger partial charge in [0, 0.05) is 42.1 Å². The van der Waals surface area contributed by atoms with Gasteiger partial charge in [0.2, 0.25) is 5.91 Å². The minimum Gasteiger partial charge on any atom is -0.384 e. The first kappa shape index (κ1) is 29.4. The van der Waals surface area contributed by atoms with Crippen molar-refractivity contribution in [2.45, 2.75) is 58.0 Å². The van der Waals surface area contributed by atoms with E-state index in [2.05, 4.69) is 55.7 Å². The summed E-state index contributed by atoms with van der Waals surface area (Å²) < 4.78 is 5.69. The number of nitrogens with one attached hydrogen (secondary N) is 2. The quantitative estimate of drug-likeness (QED) is 0.267. The van der Waals surface area contributed by atoms with Crippen LogP contribution in [-0.4, -0.2) is 84.6 Å². The van der Waals surface area contributed by atoms with E-state index in [0.29, 0.717) is 13.2 Å². The van der Waals surface area contributed by atoms with Gasteiger partial charge < -0.3 is 25.2 Å². The number of likely N-dealkylation sites (tertiary alicyclic amines) is 2. The van der Waals surface area contributed by atoms with E-state index in [1.807, 2.05) is 12.3 Å². The number of anilines is 1. The van der Waals surface area contributed by atoms with E-state index in [9.17, 15) is 4.79 Å². The van der Waals surface area contributed by atoms with Crippen LogP contribution in [0.4, 0.5) is 5.69 Å². The number of nitrogens with zero attached hydrogens (tertiary/aromatic N) is 4. The minimum atomic E-state index is -0.0499. The van der Waals surface area contributed by atoms with Crippen molar-refractivity contribution < 1.29 is 9.53 Å². The van der Waals surface area contributed by atoms with Gasteiger partial charge >= 0.3 is 0 Å². The molecule has 2 aromatic heterocycles. The van der Waals surface area contributed by atoms with Crippen LogP contribution >= 0.6 is 0 Å². The topological polar surface area (TPSA) is 82.6 Å². The molecule has 1 amide bonds. The Morgan fingerprint density at radius 1 is 0.854 bits per heavy atom. The second kappa shape index (κ2) is 15.8. The van der Waals surface area contributed by atoms with Crippen LogP contribution in [0.15, 0.2) is 48.8 Å². The van der Waals surface area contributed by atoms with E-state index < -0.39 is 0 Å². The summed E-state index contributed by atoms with van der Waals surface area (Å²) in [5.41, 5.74) is 5.03. The zero-order valence-corrected chi connectivity index (χ0v) is 24.5. The molecule has 2 fully saturated rings. The number of fused-ring (bicyclic) bond motifs is 1. The van der Waals surface area contributed by atoms with Crippen molar-refractivity contribution in [1.82, 2.24) is 25.1 Å². The van der Waals surface area contributed by atoms with Crippen molar-refractivity contribution in [3.63, 3.8) is 0 Å². The number of amides is 1. The molecule has 0 atom stereocenters. The summed E-state index contributed by atoms with van der Waals surface area (Å²) in [6.45, 7) is 9.18. The summed E-state index contributed by atoms with van der Waals surface area (Å²) in [6, 6.07) is 12.4. The number of hydrogen-bond acceptors (Lipinski definition) is 7. The first-order valence-electron chi connectivity index (χ1n) is 15.6. The molecule has 0 saturated carbocycles. The van der Waals surface area contributed by atoms with Gasteiger partial charge in [0.05, 0.1) is 17.8 Å². The summed E-state index contributed by atoms with van der Waals surface area (Å²) in [4.78, 5) is 26.5. The molecule has 0 spiro atoms. The molecular weight excluding hydrogens is 512 g/mol. The van der Waals surface area contributed by atoms with Gasteiger partial charge in [-0.15, -0.1) is 0 Å². The fraction of sp³-hybridized carbons (Fsp3) is 0.545. The van der Waals surface area contributed by atoms with E-state index >= 15 is 0 Å². The standard InChI is InChI=1S/C33H46N6O2/c40-33(36-15-8-22-39-19-5-2-6-20-39)26-41-25-27-9-11-28(12-10-27)31-23-32(29-24-34-16-13-30(29)37-31)35-14-7-21-38-17-3-1-4-18-38/h9-13,16,23-24H,1-8,14-15,17-22,25-26H2,(H,35,37)(H,36,40). The highest BCUT2D eigenvalue weighted by atomic mass is 16.5. The fourth-order valence-electron chi connectivity index (χ4n) is 5.87. The summed E-state index contributed by atoms with van der Waals surface area (Å²) >= 11 is 0. The van der Waals surface area contributed by atoms with Gasteiger partial charge in [-0.3, -0.25) is 9.78 Å². The number of pyridine rings is 2. The predicted molar refractivity (Wildman–Crippen MR) is 166 cm³/mol. The maximum atomic E-state index is 12.2. The molecule has 4 heterocycles. The zero-order chi connectivity index (χ0) is 28.1. The lowest BCUT2D eigenvalue weighted by Crippen LogP contribution is -2.34. The molecule has 8 nitrogen and oxygen atoms in total. The van der Waals surface area contributed by atoms with Crippen molar-refractivity contribution in [2.75, 3.05) is 64.3 Å². The molecule has 8 heteroatoms. The normalized spacial score (nSPS) is 16.6. The van der Waals surface area contributed by atoms with Crippen LogP contribution in [0.2, 0.25) is 0 Å². The van der Waals surface area contributed by atoms with E-state index in [-0.39, 0.29) is 12.5 Å². The van der Waals surface area contributed by atoms with Crippen molar-refractivity contribution in [2.24, 2.45) is 0 Å². The molecule has 41 heavy (non-hydrogen) atoms. The van der Waals surface area contributed by atoms with Crippen LogP contribution in [-0.2, 0) is 16.1 Å². The molecular formula is C33H46N6O2. The second-order valence-corrected chi connectivity index (χ2v) is 11.4. The van der Waals surface area contributed by atoms with Gasteiger partial charge in [0.25, 0.3) is 0 Å². The number of carbonyl (C=O) groups is 1. The Balaban J connectivity index is 1.08. The summed E-state index contributed by atoms with van der Waals surface area (Å²) in [6.07, 6.45) is 13.8. The molecule has 1 aromatic carbocycles. The van der Waals surface area contributed by atoms with Crippen molar-refractivity contribution in [3.05, 3.63) is 54.4 Å². The molecule has 2 aliphatic rings. The highest BCUT2D eigenvalue weighted by Gasteiger charge is 2.12. The lowest BCUT2D eigenvalue weighted by Gasteiger charge is -2.26. The molecule has 0 radical (unpaired) electrons. The molecule has 5 rings (SSSR count). The number of benzene rings is 1. The lowest BCUT2D eigenvalue weighted by atomic mass is 10.1. The van der Waals surface area contributed by atoms with Crippen LogP contribution in [0.5, 0.6) is 0 Å². The van der Waals surface area contributed by atoms with Gasteiger partial charge in [-0.05, 0) is 95.5 Å². The molecule has 0 unspecified atom stereocenters. The van der Waals surface area contributed by atoms with Crippen molar-refractivity contribution in [3.8, 4) is 11.3 Å². The highest BCUT2D eigenvalue weighted by Crippen LogP contribution is 2.28. The SMILES string of the molecule is O=C(COCc1ccc(-c2cc(NCCCN3CCCCC3)c3cnccc3n2)cc1)NCCCN1CCCCC1. The predicted octanol–water partition coefficient (Wildman–Crippen LogP) is 5.09. The molecule has 2 N–H and O–H groups in total. The minimum absolute atomic E-state index is 0.0499. The van der Waals surface area contributed by atoms with Crippen LogP contribution in [0.25, 0.3) is 22.2 Å². The average molecular weight is 559 g/mol. The van der Waals surface area contributed by atoms with E-state index in [0.717, 1.165) is 65.9 Å². The first-order chi connectivity index (χ1) is 20.2. The largest absolute Gasteiger partial charge is 0.384 e. The molecule has 2 saturated heterocycles. The maximum absolute atomic E-state index is 12.2. The molecule has 3 aromatic rings. The first-order valence-corrected chi connectivity index (χ1v) is 15.6. The third-order valence-corrected chi connectivity index (χ3v) is 8.20. The third kappa shape index (κ3) is 9.21. The van der Waals surface area contributed by atoms with Crippen LogP contribution in [0, 0.1) is 0 Å². The molecule has 0 aliphatic carbocycles. The van der Waals surface area contributed by atoms with E-state index in [1.54, 1.807) is 6.20 Å². The van der Waals surface area contributed by atoms with Gasteiger partial charge in [0.1, 0.15) is 6.61 Å². The monoisotopic (exact) mass is 558 g/mol. The number of hydrogen-bond donors (Lipinski definition) is 2. The van der Waals surface area contributed by atoms with Crippen LogP contribution in [0.3, 0.4) is 0 Å². The van der Waals surface area contributed by atoms with Crippen LogP contribution < -0.4 is 10.6 Å². The Hall–Kier alpha value is -3.07. The van der Waals surface area contributed by atoms with E-state index in [1.165, 1.54) is 64.7 Å². The Morgan fingerprint density at radius 2 is 1.54 bits per heavy atom. The second-order valence-electron chi connectivity index (χ2n) is 11.4. The maximum Gasteiger partial charge on any atom is 0.246 e. The van der Waals surface area contributed by atoms with Gasteiger partial charge in [-0.25, -0.2) is 4.98 Å². The molecule has 220 valence electrons. The number of piperidine rings is 2. The number of carbonyl (C=O) groups excluding carboxylic acids is 1. The van der Waals surface area contributed by atoms with Crippen LogP contribution in [0.1, 0.15) is 56.9 Å². The third-order valence-electron chi connectivity index (χ3n) is 8.20. The molecule has 0 bridgehead atoms. The summed E-state index contributed by atoms with van der Waals surface area (Å²) in [5, 5.41) is 7.68. The van der Waals surface area contributed by atoms with Gasteiger partial charge in [-0.1, -0.05) is 37.1 Å². The Bertz CT molecular complexity index is 1220. The Morgan fingerprint density at radius 3 is 2.24 bits per heavy atom. The fourth-order valence-corrected chi connectivity index (χ4v) is 5.87. The lowest BCUT2D eigenvalue weighted by molar-refractivity contribution is -0.126. The molecule has 2 aliphatic heterocycles. The van der Waals surface area contributed by atoms with Crippen molar-refractivity contribution >= 4 is 22.5 Å². The zero-order valence-electron chi connectivity index (χ0n) is 24.5. The van der Waals surface area contributed by atoms with Gasteiger partial charge in [0.15, 0.2) is 0 Å².